The van der Waals surface area contributed by atoms with E-state index in [9.17, 15) is 5.26 Å². The van der Waals surface area contributed by atoms with Crippen molar-refractivity contribution >= 4 is 43.5 Å². The van der Waals surface area contributed by atoms with Gasteiger partial charge in [-0.3, -0.25) is 0 Å². The van der Waals surface area contributed by atoms with Crippen LogP contribution in [0.2, 0.25) is 0 Å². The molecule has 7 rings (SSSR count). The summed E-state index contributed by atoms with van der Waals surface area (Å²) in [5, 5.41) is 16.9. The van der Waals surface area contributed by atoms with Crippen molar-refractivity contribution in [1.82, 2.24) is 0 Å². The van der Waals surface area contributed by atoms with Crippen LogP contribution in [0.25, 0.3) is 65.9 Å². The molecule has 2 aromatic heterocycles. The molecular weight excluding hydrogens is 488 g/mol. The molecule has 0 radical (unpaired) electrons. The number of rotatable bonds is 3. The second kappa shape index (κ2) is 9.07. The molecule has 0 atom stereocenters. The van der Waals surface area contributed by atoms with E-state index in [1.807, 2.05) is 24.3 Å². The van der Waals surface area contributed by atoms with Crippen LogP contribution in [-0.2, 0) is 7.05 Å². The first-order chi connectivity index (χ1) is 19.4. The Morgan fingerprint density at radius 2 is 1.45 bits per heavy atom. The highest BCUT2D eigenvalue weighted by Crippen LogP contribution is 2.43. The molecule has 2 heterocycles. The van der Waals surface area contributed by atoms with Crippen LogP contribution in [0.1, 0.15) is 36.5 Å². The Bertz CT molecular complexity index is 2180. The summed E-state index contributed by atoms with van der Waals surface area (Å²) >= 11 is 0. The maximum atomic E-state index is 10.1. The van der Waals surface area contributed by atoms with E-state index in [4.69, 9.17) is 4.42 Å². The van der Waals surface area contributed by atoms with E-state index in [1.165, 1.54) is 21.7 Å². The van der Waals surface area contributed by atoms with Crippen molar-refractivity contribution in [3.05, 3.63) is 114 Å². The largest absolute Gasteiger partial charge is 0.454 e. The van der Waals surface area contributed by atoms with Crippen LogP contribution >= 0.6 is 0 Å². The Morgan fingerprint density at radius 3 is 2.23 bits per heavy atom. The number of fused-ring (bicyclic) bond motifs is 5. The summed E-state index contributed by atoms with van der Waals surface area (Å²) in [5.74, 6) is 0.463. The molecule has 0 N–H and O–H groups in total. The van der Waals surface area contributed by atoms with Crippen molar-refractivity contribution < 1.29 is 8.98 Å². The maximum Gasteiger partial charge on any atom is 0.224 e. The molecule has 5 aromatic carbocycles. The van der Waals surface area contributed by atoms with Gasteiger partial charge in [-0.05, 0) is 70.0 Å². The van der Waals surface area contributed by atoms with Gasteiger partial charge >= 0.3 is 0 Å². The van der Waals surface area contributed by atoms with Gasteiger partial charge in [-0.1, -0.05) is 74.5 Å². The Kier molecular flexibility index (Phi) is 5.47. The first-order valence-corrected chi connectivity index (χ1v) is 13.8. The van der Waals surface area contributed by atoms with Crippen LogP contribution in [0.15, 0.2) is 102 Å². The lowest BCUT2D eigenvalue weighted by atomic mass is 9.93. The molecule has 3 nitrogen and oxygen atoms in total. The standard InChI is InChI=1S/C37H29N2O/c1-22(2)25-12-15-30-27(19-25)17-18-39(4)35(30)33-23(3)9-14-31-32-16-13-29(21-38)34(37(32)40-36(31)33)28-11-10-24-7-5-6-8-26(24)20-28/h5-20,22H,1-4H3/q+1. The molecule has 0 amide bonds. The fourth-order valence-electron chi connectivity index (χ4n) is 6.08. The van der Waals surface area contributed by atoms with Crippen LogP contribution in [0.5, 0.6) is 0 Å². The van der Waals surface area contributed by atoms with Crippen molar-refractivity contribution in [2.24, 2.45) is 7.05 Å². The van der Waals surface area contributed by atoms with Crippen LogP contribution < -0.4 is 4.57 Å². The minimum absolute atomic E-state index is 0.463. The first kappa shape index (κ1) is 24.1. The first-order valence-electron chi connectivity index (χ1n) is 13.8. The van der Waals surface area contributed by atoms with Gasteiger partial charge in [0.2, 0.25) is 5.69 Å². The molecule has 0 aliphatic carbocycles. The molecule has 0 spiro atoms. The molecule has 0 saturated carbocycles. The highest BCUT2D eigenvalue weighted by molar-refractivity contribution is 6.15. The summed E-state index contributed by atoms with van der Waals surface area (Å²) in [5.41, 5.74) is 8.72. The average molecular weight is 518 g/mol. The summed E-state index contributed by atoms with van der Waals surface area (Å²) in [7, 11) is 2.10. The van der Waals surface area contributed by atoms with Crippen LogP contribution in [0, 0.1) is 18.3 Å². The predicted octanol–water partition coefficient (Wildman–Crippen LogP) is 9.35. The molecule has 0 fully saturated rings. The van der Waals surface area contributed by atoms with Gasteiger partial charge in [0.1, 0.15) is 18.2 Å². The van der Waals surface area contributed by atoms with Gasteiger partial charge in [-0.2, -0.15) is 5.26 Å². The van der Waals surface area contributed by atoms with Gasteiger partial charge in [0.05, 0.1) is 22.6 Å². The topological polar surface area (TPSA) is 40.8 Å². The second-order valence-corrected chi connectivity index (χ2v) is 11.1. The molecule has 7 aromatic rings. The van der Waals surface area contributed by atoms with E-state index in [0.29, 0.717) is 11.5 Å². The van der Waals surface area contributed by atoms with Crippen molar-refractivity contribution in [1.29, 1.82) is 5.26 Å². The summed E-state index contributed by atoms with van der Waals surface area (Å²) in [4.78, 5) is 0. The zero-order chi connectivity index (χ0) is 27.5. The number of aryl methyl sites for hydroxylation is 2. The van der Waals surface area contributed by atoms with E-state index in [-0.39, 0.29) is 0 Å². The Balaban J connectivity index is 1.56. The summed E-state index contributed by atoms with van der Waals surface area (Å²) in [6.07, 6.45) is 2.14. The fraction of sp³-hybridized carbons (Fsp3) is 0.135. The Hall–Kier alpha value is -4.94. The maximum absolute atomic E-state index is 10.1. The monoisotopic (exact) mass is 517 g/mol. The number of pyridine rings is 1. The molecule has 0 aliphatic heterocycles. The van der Waals surface area contributed by atoms with Crippen molar-refractivity contribution in [2.45, 2.75) is 26.7 Å². The van der Waals surface area contributed by atoms with Gasteiger partial charge in [-0.25, -0.2) is 4.57 Å². The number of furan rings is 1. The predicted molar refractivity (Wildman–Crippen MR) is 164 cm³/mol. The van der Waals surface area contributed by atoms with Crippen molar-refractivity contribution in [3.63, 3.8) is 0 Å². The SMILES string of the molecule is Cc1ccc2c(oc3c(-c4ccc5ccccc5c4)c(C#N)ccc32)c1-c1c2ccc(C(C)C)cc2cc[n+]1C. The molecule has 0 unspecified atom stereocenters. The van der Waals surface area contributed by atoms with E-state index in [2.05, 4.69) is 111 Å². The van der Waals surface area contributed by atoms with Gasteiger partial charge in [0.25, 0.3) is 0 Å². The number of nitriles is 1. The number of hydrogen-bond donors (Lipinski definition) is 0. The zero-order valence-corrected chi connectivity index (χ0v) is 23.1. The molecule has 192 valence electrons. The minimum atomic E-state index is 0.463. The van der Waals surface area contributed by atoms with Gasteiger partial charge in [-0.15, -0.1) is 0 Å². The fourth-order valence-corrected chi connectivity index (χ4v) is 6.08. The highest BCUT2D eigenvalue weighted by atomic mass is 16.3. The summed E-state index contributed by atoms with van der Waals surface area (Å²) < 4.78 is 9.05. The molecule has 0 bridgehead atoms. The smallest absolute Gasteiger partial charge is 0.224 e. The third kappa shape index (κ3) is 3.61. The highest BCUT2D eigenvalue weighted by Gasteiger charge is 2.25. The van der Waals surface area contributed by atoms with E-state index in [1.54, 1.807) is 0 Å². The molecule has 3 heteroatoms. The number of nitrogens with zero attached hydrogens (tertiary/aromatic N) is 2. The summed E-state index contributed by atoms with van der Waals surface area (Å²) in [6, 6.07) is 34.3. The Morgan fingerprint density at radius 1 is 0.725 bits per heavy atom. The third-order valence-electron chi connectivity index (χ3n) is 8.24. The minimum Gasteiger partial charge on any atom is -0.454 e. The quantitative estimate of drug-likeness (QED) is 0.219. The average Bonchev–Trinajstić information content (AvgIpc) is 3.35. The van der Waals surface area contributed by atoms with Crippen molar-refractivity contribution in [2.75, 3.05) is 0 Å². The number of aromatic nitrogens is 1. The summed E-state index contributed by atoms with van der Waals surface area (Å²) in [6.45, 7) is 6.61. The van der Waals surface area contributed by atoms with E-state index >= 15 is 0 Å². The number of hydrogen-bond acceptors (Lipinski definition) is 2. The van der Waals surface area contributed by atoms with Crippen LogP contribution in [-0.4, -0.2) is 0 Å². The van der Waals surface area contributed by atoms with Crippen LogP contribution in [0.4, 0.5) is 0 Å². The Labute approximate surface area is 233 Å². The molecule has 0 aliphatic rings. The van der Waals surface area contributed by atoms with Gasteiger partial charge in [0.15, 0.2) is 6.20 Å². The van der Waals surface area contributed by atoms with E-state index < -0.39 is 0 Å². The second-order valence-electron chi connectivity index (χ2n) is 11.1. The lowest BCUT2D eigenvalue weighted by Gasteiger charge is -2.11. The molecular formula is C37H29N2O+. The lowest BCUT2D eigenvalue weighted by Crippen LogP contribution is -2.30. The van der Waals surface area contributed by atoms with Crippen molar-refractivity contribution in [3.8, 4) is 28.5 Å². The molecule has 0 saturated heterocycles. The zero-order valence-electron chi connectivity index (χ0n) is 23.1. The van der Waals surface area contributed by atoms with Gasteiger partial charge < -0.3 is 4.42 Å². The normalized spacial score (nSPS) is 11.7. The molecule has 40 heavy (non-hydrogen) atoms. The van der Waals surface area contributed by atoms with Crippen LogP contribution in [0.3, 0.4) is 0 Å². The van der Waals surface area contributed by atoms with E-state index in [0.717, 1.165) is 55.3 Å². The lowest BCUT2D eigenvalue weighted by molar-refractivity contribution is -0.659. The van der Waals surface area contributed by atoms with Gasteiger partial charge in [0, 0.05) is 22.4 Å². The number of benzene rings is 5. The third-order valence-corrected chi connectivity index (χ3v) is 8.24.